The van der Waals surface area contributed by atoms with Gasteiger partial charge in [0.1, 0.15) is 32.6 Å². The van der Waals surface area contributed by atoms with Gasteiger partial charge in [-0.15, -0.1) is 10.2 Å². The molecule has 0 bridgehead atoms. The van der Waals surface area contributed by atoms with Gasteiger partial charge in [0.15, 0.2) is 0 Å². The Morgan fingerprint density at radius 2 is 1.74 bits per heavy atom. The van der Waals surface area contributed by atoms with Crippen LogP contribution in [-0.2, 0) is 21.2 Å². The number of carbonyl (C=O) groups excluding carboxylic acids is 1. The first-order valence-corrected chi connectivity index (χ1v) is 14.3. The molecule has 2 heterocycles. The second-order valence-corrected chi connectivity index (χ2v) is 12.5. The van der Waals surface area contributed by atoms with Crippen molar-refractivity contribution in [2.45, 2.75) is 110 Å². The molecule has 11 heteroatoms. The molecule has 1 amide bonds. The van der Waals surface area contributed by atoms with Crippen molar-refractivity contribution in [3.05, 3.63) is 28.8 Å². The van der Waals surface area contributed by atoms with Crippen molar-refractivity contribution in [1.82, 2.24) is 15.1 Å². The van der Waals surface area contributed by atoms with Crippen LogP contribution in [0.4, 0.5) is 18.0 Å². The molecule has 1 fully saturated rings. The highest BCUT2D eigenvalue weighted by atomic mass is 32.1. The summed E-state index contributed by atoms with van der Waals surface area (Å²) in [5.41, 5.74) is -3.32. The number of alkyl halides is 3. The van der Waals surface area contributed by atoms with Gasteiger partial charge in [0.25, 0.3) is 0 Å². The molecule has 1 aliphatic heterocycles. The lowest BCUT2D eigenvalue weighted by atomic mass is 10.0. The molecule has 1 atom stereocenters. The van der Waals surface area contributed by atoms with E-state index in [1.807, 2.05) is 0 Å². The van der Waals surface area contributed by atoms with Crippen molar-refractivity contribution < 1.29 is 32.2 Å². The molecule has 1 unspecified atom stereocenters. The van der Waals surface area contributed by atoms with E-state index in [2.05, 4.69) is 17.1 Å². The van der Waals surface area contributed by atoms with Crippen molar-refractivity contribution in [1.29, 1.82) is 0 Å². The molecule has 7 nitrogen and oxygen atoms in total. The lowest BCUT2D eigenvalue weighted by molar-refractivity contribution is -0.138. The molecule has 39 heavy (non-hydrogen) atoms. The Bertz CT molecular complexity index is 1130. The summed E-state index contributed by atoms with van der Waals surface area (Å²) in [6.07, 6.45) is 0.936. The number of aromatic nitrogens is 2. The zero-order chi connectivity index (χ0) is 29.1. The van der Waals surface area contributed by atoms with E-state index in [-0.39, 0.29) is 24.5 Å². The Hall–Kier alpha value is -2.40. The van der Waals surface area contributed by atoms with Gasteiger partial charge in [-0.1, -0.05) is 50.4 Å². The lowest BCUT2D eigenvalue weighted by Crippen LogP contribution is -2.54. The fourth-order valence-electron chi connectivity index (χ4n) is 4.56. The smallest absolute Gasteiger partial charge is 0.419 e. The summed E-state index contributed by atoms with van der Waals surface area (Å²) >= 11 is 1.12. The van der Waals surface area contributed by atoms with Crippen molar-refractivity contribution in [3.8, 4) is 16.3 Å². The summed E-state index contributed by atoms with van der Waals surface area (Å²) in [7, 11) is 0. The quantitative estimate of drug-likeness (QED) is 0.268. The number of halogens is 3. The van der Waals surface area contributed by atoms with E-state index >= 15 is 0 Å². The molecular formula is C28H40F3N3O4S. The molecule has 2 aromatic rings. The van der Waals surface area contributed by atoms with E-state index in [4.69, 9.17) is 14.2 Å². The molecule has 218 valence electrons. The average molecular weight is 572 g/mol. The van der Waals surface area contributed by atoms with Gasteiger partial charge in [-0.2, -0.15) is 13.2 Å². The van der Waals surface area contributed by atoms with Gasteiger partial charge in [-0.25, -0.2) is 4.79 Å². The minimum absolute atomic E-state index is 0.132. The zero-order valence-corrected chi connectivity index (χ0v) is 24.7. The summed E-state index contributed by atoms with van der Waals surface area (Å²) in [6, 6.07) is 3.94. The summed E-state index contributed by atoms with van der Waals surface area (Å²) in [4.78, 5) is 14.6. The Kier molecular flexibility index (Phi) is 9.58. The molecule has 0 aliphatic carbocycles. The Balaban J connectivity index is 1.83. The van der Waals surface area contributed by atoms with Crippen LogP contribution in [0.1, 0.15) is 97.6 Å². The predicted octanol–water partition coefficient (Wildman–Crippen LogP) is 8.18. The molecule has 0 saturated carbocycles. The molecule has 1 saturated heterocycles. The van der Waals surface area contributed by atoms with E-state index in [1.54, 1.807) is 47.6 Å². The number of ether oxygens (including phenoxy) is 3. The first kappa shape index (κ1) is 31.1. The average Bonchev–Trinajstić information content (AvgIpc) is 3.40. The van der Waals surface area contributed by atoms with Crippen LogP contribution < -0.4 is 4.74 Å². The van der Waals surface area contributed by atoms with Crippen molar-refractivity contribution in [3.63, 3.8) is 0 Å². The largest absolute Gasteiger partial charge is 0.493 e. The van der Waals surface area contributed by atoms with Crippen LogP contribution >= 0.6 is 11.3 Å². The predicted molar refractivity (Wildman–Crippen MR) is 145 cm³/mol. The lowest BCUT2D eigenvalue weighted by Gasteiger charge is -2.39. The normalized spacial score (nSPS) is 19.4. The second kappa shape index (κ2) is 12.0. The Labute approximate surface area is 233 Å². The highest BCUT2D eigenvalue weighted by Crippen LogP contribution is 2.45. The maximum absolute atomic E-state index is 13.9. The maximum Gasteiger partial charge on any atom is 0.419 e. The molecule has 1 aliphatic rings. The summed E-state index contributed by atoms with van der Waals surface area (Å²) < 4.78 is 58.9. The number of carbonyl (C=O) groups is 1. The third-order valence-corrected chi connectivity index (χ3v) is 7.71. The highest BCUT2D eigenvalue weighted by molar-refractivity contribution is 7.14. The van der Waals surface area contributed by atoms with E-state index in [0.29, 0.717) is 16.4 Å². The standard InChI is InChI=1S/C28H40F3N3O4S/c1-8-9-10-11-12-13-16-36-21-15-14-19(17-20(21)28(29,30)31)22-32-33-23(39-22)27(7)18-37-26(5,6)34(27)24(35)38-25(2,3)4/h14-15,17H,8-13,16,18H2,1-7H3. The Morgan fingerprint density at radius 3 is 2.38 bits per heavy atom. The molecule has 0 N–H and O–H groups in total. The van der Waals surface area contributed by atoms with Crippen molar-refractivity contribution in [2.24, 2.45) is 0 Å². The molecular weight excluding hydrogens is 531 g/mol. The minimum Gasteiger partial charge on any atom is -0.493 e. The van der Waals surface area contributed by atoms with Crippen LogP contribution in [0.5, 0.6) is 5.75 Å². The van der Waals surface area contributed by atoms with E-state index in [9.17, 15) is 18.0 Å². The second-order valence-electron chi connectivity index (χ2n) is 11.6. The third kappa shape index (κ3) is 7.63. The summed E-state index contributed by atoms with van der Waals surface area (Å²) in [6.45, 7) is 13.1. The highest BCUT2D eigenvalue weighted by Gasteiger charge is 2.55. The van der Waals surface area contributed by atoms with E-state index in [1.165, 1.54) is 11.0 Å². The zero-order valence-electron chi connectivity index (χ0n) is 23.9. The number of benzene rings is 1. The first-order valence-electron chi connectivity index (χ1n) is 13.4. The van der Waals surface area contributed by atoms with Gasteiger partial charge in [0.05, 0.1) is 18.8 Å². The molecule has 1 aromatic carbocycles. The summed E-state index contributed by atoms with van der Waals surface area (Å²) in [5, 5.41) is 9.19. The monoisotopic (exact) mass is 571 g/mol. The molecule has 0 radical (unpaired) electrons. The van der Waals surface area contributed by atoms with Crippen molar-refractivity contribution in [2.75, 3.05) is 13.2 Å². The number of hydrogen-bond donors (Lipinski definition) is 0. The fraction of sp³-hybridized carbons (Fsp3) is 0.679. The van der Waals surface area contributed by atoms with E-state index < -0.39 is 34.7 Å². The summed E-state index contributed by atoms with van der Waals surface area (Å²) in [5.74, 6) is -0.196. The first-order chi connectivity index (χ1) is 18.1. The third-order valence-electron chi connectivity index (χ3n) is 6.49. The number of rotatable bonds is 10. The van der Waals surface area contributed by atoms with Gasteiger partial charge >= 0.3 is 12.3 Å². The SMILES string of the molecule is CCCCCCCCOc1ccc(-c2nnc(C3(C)COC(C)(C)N3C(=O)OC(C)(C)C)s2)cc1C(F)(F)F. The van der Waals surface area contributed by atoms with Gasteiger partial charge in [0, 0.05) is 5.56 Å². The van der Waals surface area contributed by atoms with Crippen molar-refractivity contribution >= 4 is 17.4 Å². The van der Waals surface area contributed by atoms with Crippen LogP contribution in [0.3, 0.4) is 0 Å². The number of amides is 1. The Morgan fingerprint density at radius 1 is 1.08 bits per heavy atom. The van der Waals surface area contributed by atoms with Crippen LogP contribution in [-0.4, -0.2) is 45.7 Å². The molecule has 0 spiro atoms. The number of unbranched alkanes of at least 4 members (excludes halogenated alkanes) is 5. The number of nitrogens with zero attached hydrogens (tertiary/aromatic N) is 3. The number of hydrogen-bond acceptors (Lipinski definition) is 7. The van der Waals surface area contributed by atoms with Crippen LogP contribution in [0.25, 0.3) is 10.6 Å². The van der Waals surface area contributed by atoms with Gasteiger partial charge in [-0.3, -0.25) is 4.90 Å². The van der Waals surface area contributed by atoms with Crippen LogP contribution in [0.15, 0.2) is 18.2 Å². The fourth-order valence-corrected chi connectivity index (χ4v) is 5.52. The van der Waals surface area contributed by atoms with Crippen LogP contribution in [0, 0.1) is 0 Å². The maximum atomic E-state index is 13.9. The van der Waals surface area contributed by atoms with Gasteiger partial charge in [-0.05, 0) is 66.2 Å². The molecule has 3 rings (SSSR count). The van der Waals surface area contributed by atoms with Gasteiger partial charge in [0.2, 0.25) is 0 Å². The van der Waals surface area contributed by atoms with Gasteiger partial charge < -0.3 is 14.2 Å². The molecule has 1 aromatic heterocycles. The topological polar surface area (TPSA) is 73.8 Å². The van der Waals surface area contributed by atoms with E-state index in [0.717, 1.165) is 49.5 Å². The minimum atomic E-state index is -4.59. The van der Waals surface area contributed by atoms with Crippen LogP contribution in [0.2, 0.25) is 0 Å².